The summed E-state index contributed by atoms with van der Waals surface area (Å²) in [4.78, 5) is 25.3. The number of carbonyl (C=O) groups is 1. The van der Waals surface area contributed by atoms with Crippen molar-refractivity contribution in [2.24, 2.45) is 0 Å². The summed E-state index contributed by atoms with van der Waals surface area (Å²) in [7, 11) is 0. The van der Waals surface area contributed by atoms with Crippen LogP contribution in [0.1, 0.15) is 29.1 Å². The van der Waals surface area contributed by atoms with E-state index in [1.807, 2.05) is 31.4 Å². The second kappa shape index (κ2) is 6.88. The molecule has 124 valence electrons. The Balaban J connectivity index is 1.91. The van der Waals surface area contributed by atoms with Crippen LogP contribution in [0.3, 0.4) is 0 Å². The average Bonchev–Trinajstić information content (AvgIpc) is 3.04. The minimum absolute atomic E-state index is 0.00597. The Morgan fingerprint density at radius 3 is 2.83 bits per heavy atom. The van der Waals surface area contributed by atoms with E-state index in [-0.39, 0.29) is 12.0 Å². The minimum atomic E-state index is -0.564. The summed E-state index contributed by atoms with van der Waals surface area (Å²) in [5.41, 5.74) is 0.0706. The van der Waals surface area contributed by atoms with E-state index in [1.165, 1.54) is 6.07 Å². The van der Waals surface area contributed by atoms with Gasteiger partial charge in [-0.25, -0.2) is 4.79 Å². The fourth-order valence-electron chi connectivity index (χ4n) is 2.35. The molecule has 6 heteroatoms. The summed E-state index contributed by atoms with van der Waals surface area (Å²) in [6, 6.07) is 10.2. The van der Waals surface area contributed by atoms with Gasteiger partial charge in [-0.05, 0) is 37.4 Å². The number of ether oxygens (including phenoxy) is 1. The lowest BCUT2D eigenvalue weighted by atomic mass is 10.1. The fraction of sp³-hybridized carbons (Fsp3) is 0.222. The van der Waals surface area contributed by atoms with E-state index in [9.17, 15) is 9.59 Å². The number of nitrogens with one attached hydrogen (secondary N) is 1. The number of thiophene rings is 1. The maximum atomic E-state index is 12.5. The number of hydrogen-bond acceptors (Lipinski definition) is 5. The molecule has 0 fully saturated rings. The summed E-state index contributed by atoms with van der Waals surface area (Å²) in [6.07, 6.45) is 0.00597. The maximum Gasteiger partial charge on any atom is 0.337 e. The molecule has 1 aromatic carbocycles. The van der Waals surface area contributed by atoms with Crippen molar-refractivity contribution in [2.45, 2.75) is 26.5 Å². The van der Waals surface area contributed by atoms with Crippen molar-refractivity contribution >= 4 is 28.2 Å². The lowest BCUT2D eigenvalue weighted by Gasteiger charge is -2.11. The summed E-state index contributed by atoms with van der Waals surface area (Å²) >= 11 is 1.56. The third-order valence-electron chi connectivity index (χ3n) is 3.34. The Kier molecular flexibility index (Phi) is 4.66. The molecular weight excluding hydrogens is 326 g/mol. The summed E-state index contributed by atoms with van der Waals surface area (Å²) in [5, 5.41) is 5.35. The van der Waals surface area contributed by atoms with Gasteiger partial charge in [-0.3, -0.25) is 4.79 Å². The van der Waals surface area contributed by atoms with Gasteiger partial charge in [-0.2, -0.15) is 0 Å². The molecule has 0 unspecified atom stereocenters. The molecule has 1 N–H and O–H groups in total. The first kappa shape index (κ1) is 16.3. The van der Waals surface area contributed by atoms with E-state index in [0.29, 0.717) is 28.8 Å². The summed E-state index contributed by atoms with van der Waals surface area (Å²) in [5.74, 6) is 0.288. The third kappa shape index (κ3) is 3.65. The van der Waals surface area contributed by atoms with Gasteiger partial charge in [-0.1, -0.05) is 6.07 Å². The first-order chi connectivity index (χ1) is 11.5. The Morgan fingerprint density at radius 2 is 2.12 bits per heavy atom. The minimum Gasteiger partial charge on any atom is -0.491 e. The summed E-state index contributed by atoms with van der Waals surface area (Å²) in [6.45, 7) is 4.25. The topological polar surface area (TPSA) is 68.5 Å². The monoisotopic (exact) mass is 343 g/mol. The van der Waals surface area contributed by atoms with Crippen LogP contribution in [0.4, 0.5) is 0 Å². The predicted molar refractivity (Wildman–Crippen MR) is 93.7 cm³/mol. The Morgan fingerprint density at radius 1 is 1.29 bits per heavy atom. The number of rotatable bonds is 5. The summed E-state index contributed by atoms with van der Waals surface area (Å²) < 4.78 is 10.8. The maximum absolute atomic E-state index is 12.5. The standard InChI is InChI=1S/C18H17NO4S/c1-11(2)22-12-5-6-14-15(9-17(20)23-16(14)8-12)18(21)19-10-13-4-3-7-24-13/h3-9,11H,10H2,1-2H3,(H,19,21). The van der Waals surface area contributed by atoms with E-state index < -0.39 is 5.63 Å². The van der Waals surface area contributed by atoms with Crippen LogP contribution in [0, 0.1) is 0 Å². The van der Waals surface area contributed by atoms with Gasteiger partial charge in [0, 0.05) is 22.4 Å². The lowest BCUT2D eigenvalue weighted by Crippen LogP contribution is -2.23. The normalized spacial score (nSPS) is 11.0. The molecule has 2 heterocycles. The zero-order chi connectivity index (χ0) is 17.1. The molecule has 0 saturated carbocycles. The molecule has 24 heavy (non-hydrogen) atoms. The lowest BCUT2D eigenvalue weighted by molar-refractivity contribution is 0.0952. The van der Waals surface area contributed by atoms with Crippen molar-refractivity contribution < 1.29 is 13.9 Å². The van der Waals surface area contributed by atoms with Gasteiger partial charge in [0.15, 0.2) is 0 Å². The number of carbonyl (C=O) groups excluding carboxylic acids is 1. The van der Waals surface area contributed by atoms with Gasteiger partial charge in [0.1, 0.15) is 11.3 Å². The quantitative estimate of drug-likeness (QED) is 0.719. The molecule has 3 rings (SSSR count). The molecule has 0 radical (unpaired) electrons. The SMILES string of the molecule is CC(C)Oc1ccc2c(C(=O)NCc3cccs3)cc(=O)oc2c1. The molecule has 3 aromatic rings. The van der Waals surface area contributed by atoms with Crippen molar-refractivity contribution in [2.75, 3.05) is 0 Å². The highest BCUT2D eigenvalue weighted by Crippen LogP contribution is 2.23. The van der Waals surface area contributed by atoms with Gasteiger partial charge in [0.25, 0.3) is 5.91 Å². The third-order valence-corrected chi connectivity index (χ3v) is 4.21. The number of amides is 1. The molecule has 0 saturated heterocycles. The van der Waals surface area contributed by atoms with E-state index in [0.717, 1.165) is 4.88 Å². The first-order valence-electron chi connectivity index (χ1n) is 7.58. The number of benzene rings is 1. The number of fused-ring (bicyclic) bond motifs is 1. The van der Waals surface area contributed by atoms with Crippen molar-refractivity contribution in [1.82, 2.24) is 5.32 Å². The van der Waals surface area contributed by atoms with Gasteiger partial charge < -0.3 is 14.5 Å². The van der Waals surface area contributed by atoms with E-state index >= 15 is 0 Å². The molecule has 0 aliphatic rings. The van der Waals surface area contributed by atoms with Gasteiger partial charge in [0.2, 0.25) is 0 Å². The zero-order valence-electron chi connectivity index (χ0n) is 13.4. The van der Waals surface area contributed by atoms with Crippen LogP contribution < -0.4 is 15.7 Å². The van der Waals surface area contributed by atoms with Crippen LogP contribution in [-0.4, -0.2) is 12.0 Å². The molecule has 0 aliphatic carbocycles. The molecule has 1 amide bonds. The molecule has 5 nitrogen and oxygen atoms in total. The van der Waals surface area contributed by atoms with Gasteiger partial charge in [-0.15, -0.1) is 11.3 Å². The largest absolute Gasteiger partial charge is 0.491 e. The van der Waals surface area contributed by atoms with E-state index in [2.05, 4.69) is 5.32 Å². The molecule has 0 aliphatic heterocycles. The Hall–Kier alpha value is -2.60. The average molecular weight is 343 g/mol. The molecule has 0 atom stereocenters. The van der Waals surface area contributed by atoms with Gasteiger partial charge >= 0.3 is 5.63 Å². The smallest absolute Gasteiger partial charge is 0.337 e. The van der Waals surface area contributed by atoms with Crippen molar-refractivity contribution in [3.63, 3.8) is 0 Å². The molecular formula is C18H17NO4S. The van der Waals surface area contributed by atoms with Crippen LogP contribution in [0.25, 0.3) is 11.0 Å². The van der Waals surface area contributed by atoms with E-state index in [4.69, 9.17) is 9.15 Å². The highest BCUT2D eigenvalue weighted by molar-refractivity contribution is 7.09. The second-order valence-corrected chi connectivity index (χ2v) is 6.60. The van der Waals surface area contributed by atoms with Crippen molar-refractivity contribution in [3.05, 3.63) is 62.6 Å². The molecule has 0 bridgehead atoms. The number of hydrogen-bond donors (Lipinski definition) is 1. The zero-order valence-corrected chi connectivity index (χ0v) is 14.2. The Bertz CT molecular complexity index is 912. The van der Waals surface area contributed by atoms with Crippen LogP contribution in [0.2, 0.25) is 0 Å². The van der Waals surface area contributed by atoms with Gasteiger partial charge in [0.05, 0.1) is 18.2 Å². The van der Waals surface area contributed by atoms with Crippen molar-refractivity contribution in [3.8, 4) is 5.75 Å². The van der Waals surface area contributed by atoms with Crippen LogP contribution in [0.15, 0.2) is 51.0 Å². The highest BCUT2D eigenvalue weighted by Gasteiger charge is 2.14. The van der Waals surface area contributed by atoms with Crippen LogP contribution in [-0.2, 0) is 6.54 Å². The Labute approximate surface area is 142 Å². The fourth-order valence-corrected chi connectivity index (χ4v) is 3.00. The molecule has 0 spiro atoms. The van der Waals surface area contributed by atoms with Crippen molar-refractivity contribution in [1.29, 1.82) is 0 Å². The highest BCUT2D eigenvalue weighted by atomic mass is 32.1. The van der Waals surface area contributed by atoms with E-state index in [1.54, 1.807) is 29.5 Å². The van der Waals surface area contributed by atoms with Crippen LogP contribution >= 0.6 is 11.3 Å². The first-order valence-corrected chi connectivity index (χ1v) is 8.46. The van der Waals surface area contributed by atoms with Crippen LogP contribution in [0.5, 0.6) is 5.75 Å². The predicted octanol–water partition coefficient (Wildman–Crippen LogP) is 3.57. The second-order valence-electron chi connectivity index (χ2n) is 5.57. The molecule has 2 aromatic heterocycles.